The van der Waals surface area contributed by atoms with Crippen LogP contribution in [0.15, 0.2) is 42.1 Å². The topological polar surface area (TPSA) is 72.5 Å². The smallest absolute Gasteiger partial charge is 0.137 e. The molecule has 0 saturated heterocycles. The molecule has 1 aromatic carbocycles. The van der Waals surface area contributed by atoms with Crippen molar-refractivity contribution in [2.45, 2.75) is 39.3 Å². The molecule has 1 atom stereocenters. The number of nitrogens with zero attached hydrogens (tertiary/aromatic N) is 4. The average molecular weight is 351 g/mol. The number of aromatic nitrogens is 3. The van der Waals surface area contributed by atoms with E-state index < -0.39 is 11.0 Å². The van der Waals surface area contributed by atoms with Gasteiger partial charge in [0, 0.05) is 10.4 Å². The molecule has 6 nitrogen and oxygen atoms in total. The standard InChI is InChI=1S/C17H23ClN4O2/c1-4-9-24-21-10-16(2,3)17(23,11-22-13-19-12-20-22)14-5-7-15(18)8-6-14/h5-8,10,12-13,23H,4,9,11H2,1-3H3/b21-10+. The van der Waals surface area contributed by atoms with Crippen molar-refractivity contribution in [1.29, 1.82) is 0 Å². The molecule has 2 rings (SSSR count). The summed E-state index contributed by atoms with van der Waals surface area (Å²) in [6.45, 7) is 6.57. The molecule has 1 unspecified atom stereocenters. The fourth-order valence-electron chi connectivity index (χ4n) is 2.36. The Bertz CT molecular complexity index is 656. The average Bonchev–Trinajstić information content (AvgIpc) is 3.05. The van der Waals surface area contributed by atoms with Crippen LogP contribution in [0.1, 0.15) is 32.8 Å². The zero-order valence-electron chi connectivity index (χ0n) is 14.2. The lowest BCUT2D eigenvalue weighted by atomic mass is 9.71. The molecule has 0 aliphatic rings. The molecule has 1 N–H and O–H groups in total. The number of rotatable bonds is 8. The van der Waals surface area contributed by atoms with Crippen LogP contribution in [-0.4, -0.2) is 32.7 Å². The second kappa shape index (κ2) is 7.77. The number of halogens is 1. The predicted molar refractivity (Wildman–Crippen MR) is 93.9 cm³/mol. The van der Waals surface area contributed by atoms with Gasteiger partial charge in [0.05, 0.1) is 12.8 Å². The third kappa shape index (κ3) is 4.13. The van der Waals surface area contributed by atoms with Gasteiger partial charge in [-0.3, -0.25) is 0 Å². The van der Waals surface area contributed by atoms with Gasteiger partial charge in [0.2, 0.25) is 0 Å². The number of oxime groups is 1. The minimum Gasteiger partial charge on any atom is -0.396 e. The number of aliphatic hydroxyl groups is 1. The van der Waals surface area contributed by atoms with Crippen LogP contribution in [0.25, 0.3) is 0 Å². The molecular weight excluding hydrogens is 328 g/mol. The summed E-state index contributed by atoms with van der Waals surface area (Å²) >= 11 is 5.98. The van der Waals surface area contributed by atoms with E-state index in [0.717, 1.165) is 6.42 Å². The van der Waals surface area contributed by atoms with Crippen molar-refractivity contribution in [3.8, 4) is 0 Å². The highest BCUT2D eigenvalue weighted by Crippen LogP contribution is 2.40. The number of hydrogen-bond donors (Lipinski definition) is 1. The fraction of sp³-hybridized carbons (Fsp3) is 0.471. The summed E-state index contributed by atoms with van der Waals surface area (Å²) in [6.07, 6.45) is 5.52. The third-order valence-electron chi connectivity index (χ3n) is 3.99. The van der Waals surface area contributed by atoms with Gasteiger partial charge in [-0.25, -0.2) is 9.67 Å². The molecule has 7 heteroatoms. The first-order valence-corrected chi connectivity index (χ1v) is 8.24. The summed E-state index contributed by atoms with van der Waals surface area (Å²) in [4.78, 5) is 9.15. The first-order valence-electron chi connectivity index (χ1n) is 7.86. The Morgan fingerprint density at radius 1 is 1.33 bits per heavy atom. The normalized spacial score (nSPS) is 14.7. The molecule has 0 bridgehead atoms. The first-order chi connectivity index (χ1) is 11.4. The van der Waals surface area contributed by atoms with Crippen LogP contribution in [0.4, 0.5) is 0 Å². The highest BCUT2D eigenvalue weighted by Gasteiger charge is 2.45. The minimum absolute atomic E-state index is 0.224. The quantitative estimate of drug-likeness (QED) is 0.450. The molecule has 0 aliphatic heterocycles. The molecule has 130 valence electrons. The molecule has 0 aliphatic carbocycles. The van der Waals surface area contributed by atoms with Gasteiger partial charge in [-0.15, -0.1) is 0 Å². The van der Waals surface area contributed by atoms with E-state index >= 15 is 0 Å². The summed E-state index contributed by atoms with van der Waals surface area (Å²) in [7, 11) is 0. The molecule has 2 aromatic rings. The zero-order chi connectivity index (χ0) is 17.6. The van der Waals surface area contributed by atoms with Crippen LogP contribution in [0, 0.1) is 5.41 Å². The summed E-state index contributed by atoms with van der Waals surface area (Å²) in [5.74, 6) is 0. The van der Waals surface area contributed by atoms with E-state index in [9.17, 15) is 5.11 Å². The molecule has 1 aromatic heterocycles. The SMILES string of the molecule is CCCO/N=C/C(C)(C)C(O)(Cn1cncn1)c1ccc(Cl)cc1. The van der Waals surface area contributed by atoms with E-state index in [1.54, 1.807) is 29.4 Å². The van der Waals surface area contributed by atoms with Crippen LogP contribution >= 0.6 is 11.6 Å². The van der Waals surface area contributed by atoms with Gasteiger partial charge in [-0.2, -0.15) is 5.10 Å². The maximum atomic E-state index is 11.6. The van der Waals surface area contributed by atoms with Gasteiger partial charge < -0.3 is 9.94 Å². The molecule has 0 saturated carbocycles. The van der Waals surface area contributed by atoms with Crippen LogP contribution in [0.3, 0.4) is 0 Å². The fourth-order valence-corrected chi connectivity index (χ4v) is 2.49. The van der Waals surface area contributed by atoms with E-state index in [1.807, 2.05) is 32.9 Å². The van der Waals surface area contributed by atoms with Crippen molar-refractivity contribution in [2.75, 3.05) is 6.61 Å². The summed E-state index contributed by atoms with van der Waals surface area (Å²) < 4.78 is 1.59. The first kappa shape index (κ1) is 18.4. The van der Waals surface area contributed by atoms with Crippen molar-refractivity contribution in [2.24, 2.45) is 10.6 Å². The number of hydrogen-bond acceptors (Lipinski definition) is 5. The van der Waals surface area contributed by atoms with Crippen LogP contribution in [-0.2, 0) is 17.0 Å². The van der Waals surface area contributed by atoms with Gasteiger partial charge in [-0.05, 0) is 24.1 Å². The van der Waals surface area contributed by atoms with E-state index in [2.05, 4.69) is 15.2 Å². The van der Waals surface area contributed by atoms with Gasteiger partial charge in [-0.1, -0.05) is 49.7 Å². The van der Waals surface area contributed by atoms with E-state index in [-0.39, 0.29) is 6.54 Å². The second-order valence-electron chi connectivity index (χ2n) is 6.25. The van der Waals surface area contributed by atoms with Gasteiger partial charge in [0.25, 0.3) is 0 Å². The monoisotopic (exact) mass is 350 g/mol. The highest BCUT2D eigenvalue weighted by atomic mass is 35.5. The van der Waals surface area contributed by atoms with E-state index in [0.29, 0.717) is 17.2 Å². The van der Waals surface area contributed by atoms with Crippen molar-refractivity contribution in [1.82, 2.24) is 14.8 Å². The Morgan fingerprint density at radius 2 is 2.04 bits per heavy atom. The summed E-state index contributed by atoms with van der Waals surface area (Å²) in [5, 5.41) is 20.3. The van der Waals surface area contributed by atoms with Crippen molar-refractivity contribution in [3.05, 3.63) is 47.5 Å². The predicted octanol–water partition coefficient (Wildman–Crippen LogP) is 3.26. The minimum atomic E-state index is -1.27. The lowest BCUT2D eigenvalue weighted by Gasteiger charge is -2.40. The Hall–Kier alpha value is -1.92. The Labute approximate surface area is 147 Å². The van der Waals surface area contributed by atoms with Crippen molar-refractivity contribution >= 4 is 17.8 Å². The maximum absolute atomic E-state index is 11.6. The molecular formula is C17H23ClN4O2. The van der Waals surface area contributed by atoms with Crippen molar-refractivity contribution < 1.29 is 9.94 Å². The largest absolute Gasteiger partial charge is 0.396 e. The molecule has 0 spiro atoms. The molecule has 1 heterocycles. The Balaban J connectivity index is 2.37. The number of benzene rings is 1. The van der Waals surface area contributed by atoms with Crippen molar-refractivity contribution in [3.63, 3.8) is 0 Å². The van der Waals surface area contributed by atoms with Gasteiger partial charge in [0.1, 0.15) is 24.9 Å². The van der Waals surface area contributed by atoms with Gasteiger partial charge >= 0.3 is 0 Å². The molecule has 0 radical (unpaired) electrons. The summed E-state index contributed by atoms with van der Waals surface area (Å²) in [5.41, 5.74) is -1.28. The maximum Gasteiger partial charge on any atom is 0.137 e. The lowest BCUT2D eigenvalue weighted by Crippen LogP contribution is -2.46. The summed E-state index contributed by atoms with van der Waals surface area (Å²) in [6, 6.07) is 7.12. The lowest BCUT2D eigenvalue weighted by molar-refractivity contribution is -0.0555. The molecule has 0 fully saturated rings. The molecule has 24 heavy (non-hydrogen) atoms. The third-order valence-corrected chi connectivity index (χ3v) is 4.24. The highest BCUT2D eigenvalue weighted by molar-refractivity contribution is 6.30. The van der Waals surface area contributed by atoms with Crippen LogP contribution < -0.4 is 0 Å². The Morgan fingerprint density at radius 3 is 2.62 bits per heavy atom. The van der Waals surface area contributed by atoms with Gasteiger partial charge in [0.15, 0.2) is 0 Å². The molecule has 0 amide bonds. The van der Waals surface area contributed by atoms with E-state index in [4.69, 9.17) is 16.4 Å². The Kier molecular flexibility index (Phi) is 5.96. The van der Waals surface area contributed by atoms with Crippen LogP contribution in [0.5, 0.6) is 0 Å². The van der Waals surface area contributed by atoms with E-state index in [1.165, 1.54) is 6.33 Å². The second-order valence-corrected chi connectivity index (χ2v) is 6.69. The van der Waals surface area contributed by atoms with Crippen LogP contribution in [0.2, 0.25) is 5.02 Å². The zero-order valence-corrected chi connectivity index (χ0v) is 14.9.